The van der Waals surface area contributed by atoms with Crippen molar-refractivity contribution < 1.29 is 70.2 Å². The molecule has 2 aromatic carbocycles. The van der Waals surface area contributed by atoms with Crippen LogP contribution in [0.4, 0.5) is 70.2 Å². The quantitative estimate of drug-likeness (QED) is 0.282. The van der Waals surface area contributed by atoms with Crippen LogP contribution in [0.3, 0.4) is 0 Å². The van der Waals surface area contributed by atoms with Gasteiger partial charge in [-0.15, -0.1) is 0 Å². The number of hydrogen-bond acceptors (Lipinski definition) is 0. The van der Waals surface area contributed by atoms with Gasteiger partial charge in [0.2, 0.25) is 0 Å². The van der Waals surface area contributed by atoms with Crippen LogP contribution in [-0.4, -0.2) is 12.4 Å². The Morgan fingerprint density at radius 1 is 0.412 bits per heavy atom. The minimum Gasteiger partial charge on any atom is -0.215 e. The first-order chi connectivity index (χ1) is 15.4. The normalized spacial score (nSPS) is 13.6. The van der Waals surface area contributed by atoms with Gasteiger partial charge in [-0.3, -0.25) is 0 Å². The maximum atomic E-state index is 14.3. The number of alkyl halides is 6. The molecule has 2 aromatic rings. The molecule has 0 amide bonds. The Balaban J connectivity index is 3.03. The molecule has 186 valence electrons. The van der Waals surface area contributed by atoms with Gasteiger partial charge < -0.3 is 0 Å². The molecule has 2 rings (SSSR count). The van der Waals surface area contributed by atoms with E-state index in [1.807, 2.05) is 0 Å². The van der Waals surface area contributed by atoms with Gasteiger partial charge in [-0.1, -0.05) is 0 Å². The molecule has 0 spiro atoms. The van der Waals surface area contributed by atoms with Gasteiger partial charge in [0.05, 0.1) is 46.1 Å². The monoisotopic (exact) mass is 522 g/mol. The van der Waals surface area contributed by atoms with Crippen molar-refractivity contribution >= 4 is 11.1 Å². The van der Waals surface area contributed by atoms with E-state index in [9.17, 15) is 70.2 Å². The smallest absolute Gasteiger partial charge is 0.215 e. The van der Waals surface area contributed by atoms with E-state index in [-0.39, 0.29) is 0 Å². The van der Waals surface area contributed by atoms with Gasteiger partial charge >= 0.3 is 12.4 Å². The Bertz CT molecular complexity index is 1060. The lowest BCUT2D eigenvalue weighted by atomic mass is 9.94. The number of benzene rings is 2. The largest absolute Gasteiger partial charge is 0.419 e. The average Bonchev–Trinajstić information content (AvgIpc) is 2.71. The fraction of sp³-hybridized carbons (Fsp3) is 0.111. The van der Waals surface area contributed by atoms with E-state index < -0.39 is 105 Å². The van der Waals surface area contributed by atoms with Gasteiger partial charge in [-0.2, -0.15) is 26.3 Å². The molecular formula is C18H2F16. The van der Waals surface area contributed by atoms with Gasteiger partial charge in [0.25, 0.3) is 0 Å². The fourth-order valence-electron chi connectivity index (χ4n) is 2.69. The second-order valence-electron chi connectivity index (χ2n) is 6.05. The lowest BCUT2D eigenvalue weighted by Crippen LogP contribution is -2.18. The molecule has 0 fully saturated rings. The molecule has 0 saturated carbocycles. The molecule has 0 bridgehead atoms. The highest BCUT2D eigenvalue weighted by Crippen LogP contribution is 2.45. The molecule has 0 aliphatic rings. The summed E-state index contributed by atoms with van der Waals surface area (Å²) in [6.45, 7) is 0. The van der Waals surface area contributed by atoms with Crippen molar-refractivity contribution in [2.24, 2.45) is 0 Å². The van der Waals surface area contributed by atoms with Crippen LogP contribution >= 0.6 is 0 Å². The van der Waals surface area contributed by atoms with E-state index in [0.717, 1.165) is 0 Å². The maximum Gasteiger partial charge on any atom is 0.419 e. The van der Waals surface area contributed by atoms with Crippen molar-refractivity contribution in [3.63, 3.8) is 0 Å². The van der Waals surface area contributed by atoms with Crippen LogP contribution in [-0.2, 0) is 0 Å². The predicted molar refractivity (Wildman–Crippen MR) is 81.8 cm³/mol. The summed E-state index contributed by atoms with van der Waals surface area (Å²) >= 11 is 0. The third kappa shape index (κ3) is 4.20. The van der Waals surface area contributed by atoms with E-state index >= 15 is 0 Å². The Hall–Kier alpha value is -3.20. The number of hydrogen-bond donors (Lipinski definition) is 0. The van der Waals surface area contributed by atoms with Crippen molar-refractivity contribution in [2.45, 2.75) is 12.4 Å². The van der Waals surface area contributed by atoms with Gasteiger partial charge in [0.1, 0.15) is 0 Å². The standard InChI is InChI=1S/C18H2F16/c19-1-3(17(29,30)31)5-9(21)13(25)7(14(26)10(5)22)8-15(27)11(23)6(12(24)16(8)28)4(2-20)18(32,33)34/h1-2H/b3-1-,4-2+. The van der Waals surface area contributed by atoms with Crippen LogP contribution in [0.2, 0.25) is 0 Å². The fourth-order valence-corrected chi connectivity index (χ4v) is 2.69. The molecule has 0 aliphatic heterocycles. The topological polar surface area (TPSA) is 0 Å². The van der Waals surface area contributed by atoms with Crippen LogP contribution in [0.25, 0.3) is 22.3 Å². The molecular weight excluding hydrogens is 520 g/mol. The zero-order valence-corrected chi connectivity index (χ0v) is 15.2. The molecule has 16 heteroatoms. The second kappa shape index (κ2) is 8.87. The Morgan fingerprint density at radius 3 is 0.765 bits per heavy atom. The molecule has 0 radical (unpaired) electrons. The molecule has 0 unspecified atom stereocenters. The maximum absolute atomic E-state index is 14.3. The zero-order valence-electron chi connectivity index (χ0n) is 15.2. The molecule has 0 N–H and O–H groups in total. The van der Waals surface area contributed by atoms with Crippen LogP contribution in [0.5, 0.6) is 0 Å². The highest BCUT2D eigenvalue weighted by atomic mass is 19.4. The second-order valence-corrected chi connectivity index (χ2v) is 6.05. The van der Waals surface area contributed by atoms with Crippen molar-refractivity contribution in [1.82, 2.24) is 0 Å². The summed E-state index contributed by atoms with van der Waals surface area (Å²) in [6.07, 6.45) is -15.0. The summed E-state index contributed by atoms with van der Waals surface area (Å²) in [5, 5.41) is 0. The Kier molecular flexibility index (Phi) is 7.05. The van der Waals surface area contributed by atoms with Gasteiger partial charge in [-0.25, -0.2) is 43.9 Å². The highest BCUT2D eigenvalue weighted by Gasteiger charge is 2.44. The van der Waals surface area contributed by atoms with Gasteiger partial charge in [-0.05, 0) is 0 Å². The first-order valence-corrected chi connectivity index (χ1v) is 7.91. The Morgan fingerprint density at radius 2 is 0.618 bits per heavy atom. The zero-order chi connectivity index (χ0) is 26.5. The molecule has 0 aromatic heterocycles. The molecule has 0 saturated heterocycles. The summed E-state index contributed by atoms with van der Waals surface area (Å²) in [4.78, 5) is 0. The van der Waals surface area contributed by atoms with Gasteiger partial charge in [0, 0.05) is 0 Å². The minimum absolute atomic E-state index is 1.53. The summed E-state index contributed by atoms with van der Waals surface area (Å²) < 4.78 is 215. The predicted octanol–water partition coefficient (Wildman–Crippen LogP) is 8.21. The van der Waals surface area contributed by atoms with Crippen molar-refractivity contribution in [1.29, 1.82) is 0 Å². The van der Waals surface area contributed by atoms with Crippen LogP contribution in [0.15, 0.2) is 12.7 Å². The first-order valence-electron chi connectivity index (χ1n) is 7.91. The molecule has 0 heterocycles. The van der Waals surface area contributed by atoms with Crippen molar-refractivity contribution in [2.75, 3.05) is 0 Å². The van der Waals surface area contributed by atoms with E-state index in [2.05, 4.69) is 0 Å². The molecule has 34 heavy (non-hydrogen) atoms. The van der Waals surface area contributed by atoms with E-state index in [1.165, 1.54) is 0 Å². The van der Waals surface area contributed by atoms with Crippen LogP contribution < -0.4 is 0 Å². The minimum atomic E-state index is -5.99. The first kappa shape index (κ1) is 27.0. The SMILES string of the molecule is F/C=C(/c1c(F)c(F)c(-c2c(F)c(F)c(/C(=C\F)C(F)(F)F)c(F)c2F)c(F)c1F)C(F)(F)F. The van der Waals surface area contributed by atoms with Crippen LogP contribution in [0, 0.1) is 46.5 Å². The highest BCUT2D eigenvalue weighted by molar-refractivity contribution is 5.77. The van der Waals surface area contributed by atoms with Crippen molar-refractivity contribution in [3.05, 3.63) is 70.3 Å². The van der Waals surface area contributed by atoms with E-state index in [1.54, 1.807) is 0 Å². The van der Waals surface area contributed by atoms with E-state index in [4.69, 9.17) is 0 Å². The Labute approximate surface area is 176 Å². The lowest BCUT2D eigenvalue weighted by molar-refractivity contribution is -0.0708. The third-order valence-corrected chi connectivity index (χ3v) is 4.14. The van der Waals surface area contributed by atoms with Crippen LogP contribution in [0.1, 0.15) is 11.1 Å². The number of allylic oxidation sites excluding steroid dienone is 2. The molecule has 0 atom stereocenters. The average molecular weight is 522 g/mol. The summed E-state index contributed by atoms with van der Waals surface area (Å²) in [6, 6.07) is 0. The number of halogens is 16. The number of rotatable bonds is 3. The van der Waals surface area contributed by atoms with E-state index in [0.29, 0.717) is 0 Å². The third-order valence-electron chi connectivity index (χ3n) is 4.14. The molecule has 0 aliphatic carbocycles. The summed E-state index contributed by atoms with van der Waals surface area (Å²) in [7, 11) is 0. The molecule has 0 nitrogen and oxygen atoms in total. The summed E-state index contributed by atoms with van der Waals surface area (Å²) in [5.41, 5.74) is -16.9. The summed E-state index contributed by atoms with van der Waals surface area (Å²) in [5.74, 6) is -25.1. The lowest BCUT2D eigenvalue weighted by Gasteiger charge is -2.18. The van der Waals surface area contributed by atoms with Crippen molar-refractivity contribution in [3.8, 4) is 11.1 Å². The van der Waals surface area contributed by atoms with Gasteiger partial charge in [0.15, 0.2) is 46.5 Å².